The summed E-state index contributed by atoms with van der Waals surface area (Å²) in [6.07, 6.45) is 0. The highest BCUT2D eigenvalue weighted by Crippen LogP contribution is 2.26. The Kier molecular flexibility index (Phi) is 5.33. The smallest absolute Gasteiger partial charge is 0.269 e. The van der Waals surface area contributed by atoms with Gasteiger partial charge in [0.15, 0.2) is 5.11 Å². The normalized spacial score (nSPS) is 10.1. The number of hydrogen-bond acceptors (Lipinski definition) is 3. The summed E-state index contributed by atoms with van der Waals surface area (Å²) < 4.78 is 0.869. The van der Waals surface area contributed by atoms with E-state index in [2.05, 4.69) is 26.6 Å². The Morgan fingerprint density at radius 2 is 1.86 bits per heavy atom. The fourth-order valence-corrected chi connectivity index (χ4v) is 2.71. The zero-order valence-corrected chi connectivity index (χ0v) is 14.6. The number of halogens is 2. The van der Waals surface area contributed by atoms with Crippen LogP contribution in [0.3, 0.4) is 0 Å². The summed E-state index contributed by atoms with van der Waals surface area (Å²) in [6, 6.07) is 9.91. The quantitative estimate of drug-likeness (QED) is 0.425. The van der Waals surface area contributed by atoms with Gasteiger partial charge in [-0.3, -0.25) is 10.1 Å². The molecule has 8 heteroatoms. The Bertz CT molecular complexity index is 755. The third-order valence-electron chi connectivity index (χ3n) is 2.85. The number of nitrogens with one attached hydrogen (secondary N) is 2. The second-order valence-electron chi connectivity index (χ2n) is 4.46. The zero-order chi connectivity index (χ0) is 16.3. The van der Waals surface area contributed by atoms with Crippen LogP contribution in [0.15, 0.2) is 40.9 Å². The van der Waals surface area contributed by atoms with E-state index in [1.165, 1.54) is 12.1 Å². The van der Waals surface area contributed by atoms with Crippen LogP contribution in [0.2, 0.25) is 5.02 Å². The van der Waals surface area contributed by atoms with Crippen LogP contribution in [0.25, 0.3) is 0 Å². The number of nitro benzene ring substituents is 1. The molecule has 0 aliphatic rings. The van der Waals surface area contributed by atoms with Crippen LogP contribution in [-0.4, -0.2) is 10.0 Å². The minimum Gasteiger partial charge on any atom is -0.332 e. The van der Waals surface area contributed by atoms with Gasteiger partial charge in [-0.2, -0.15) is 0 Å². The molecule has 114 valence electrons. The summed E-state index contributed by atoms with van der Waals surface area (Å²) >= 11 is 14.7. The van der Waals surface area contributed by atoms with Crippen molar-refractivity contribution in [2.24, 2.45) is 0 Å². The molecule has 0 heterocycles. The minimum absolute atomic E-state index is 0.0397. The lowest BCUT2D eigenvalue weighted by molar-refractivity contribution is -0.384. The topological polar surface area (TPSA) is 67.2 Å². The highest BCUT2D eigenvalue weighted by atomic mass is 79.9. The molecule has 5 nitrogen and oxygen atoms in total. The molecule has 0 amide bonds. The van der Waals surface area contributed by atoms with Gasteiger partial charge in [0.05, 0.1) is 15.6 Å². The highest BCUT2D eigenvalue weighted by molar-refractivity contribution is 9.10. The largest absolute Gasteiger partial charge is 0.332 e. The molecule has 0 unspecified atom stereocenters. The molecule has 2 rings (SSSR count). The number of thiocarbonyl (C=S) groups is 1. The summed E-state index contributed by atoms with van der Waals surface area (Å²) in [7, 11) is 0. The first-order valence-corrected chi connectivity index (χ1v) is 7.73. The van der Waals surface area contributed by atoms with Crippen LogP contribution < -0.4 is 10.6 Å². The molecule has 0 fully saturated rings. The van der Waals surface area contributed by atoms with Crippen LogP contribution in [0.1, 0.15) is 5.56 Å². The molecular weight excluding hydrogens is 390 g/mol. The molecule has 0 aliphatic carbocycles. The van der Waals surface area contributed by atoms with E-state index in [0.29, 0.717) is 21.5 Å². The third-order valence-corrected chi connectivity index (χ3v) is 3.86. The van der Waals surface area contributed by atoms with Gasteiger partial charge in [-0.25, -0.2) is 0 Å². The Labute approximate surface area is 146 Å². The fourth-order valence-electron chi connectivity index (χ4n) is 1.77. The maximum atomic E-state index is 10.7. The third kappa shape index (κ3) is 4.16. The molecular formula is C14H11BrClN3O2S. The Hall–Kier alpha value is -1.70. The second kappa shape index (κ2) is 7.04. The average molecular weight is 401 g/mol. The van der Waals surface area contributed by atoms with Crippen molar-refractivity contribution in [2.45, 2.75) is 6.92 Å². The summed E-state index contributed by atoms with van der Waals surface area (Å²) in [5.74, 6) is 0. The van der Waals surface area contributed by atoms with Crippen molar-refractivity contribution in [1.82, 2.24) is 0 Å². The van der Waals surface area contributed by atoms with Gasteiger partial charge in [-0.1, -0.05) is 27.5 Å². The van der Waals surface area contributed by atoms with Gasteiger partial charge < -0.3 is 10.6 Å². The number of anilines is 2. The van der Waals surface area contributed by atoms with E-state index in [-0.39, 0.29) is 5.69 Å². The highest BCUT2D eigenvalue weighted by Gasteiger charge is 2.09. The van der Waals surface area contributed by atoms with Gasteiger partial charge in [0.1, 0.15) is 0 Å². The van der Waals surface area contributed by atoms with Crippen LogP contribution in [0.4, 0.5) is 17.1 Å². The summed E-state index contributed by atoms with van der Waals surface area (Å²) in [5.41, 5.74) is 2.12. The van der Waals surface area contributed by atoms with Crippen molar-refractivity contribution in [2.75, 3.05) is 10.6 Å². The first-order valence-electron chi connectivity index (χ1n) is 6.15. The van der Waals surface area contributed by atoms with Gasteiger partial charge in [0.2, 0.25) is 0 Å². The molecule has 0 aliphatic heterocycles. The van der Waals surface area contributed by atoms with E-state index in [9.17, 15) is 10.1 Å². The lowest BCUT2D eigenvalue weighted by atomic mass is 10.2. The van der Waals surface area contributed by atoms with Gasteiger partial charge in [-0.05, 0) is 49.0 Å². The van der Waals surface area contributed by atoms with Crippen molar-refractivity contribution in [3.8, 4) is 0 Å². The van der Waals surface area contributed by atoms with E-state index < -0.39 is 4.92 Å². The molecule has 0 spiro atoms. The van der Waals surface area contributed by atoms with Crippen LogP contribution >= 0.6 is 39.7 Å². The SMILES string of the molecule is Cc1cc([N+](=O)[O-])ccc1NC(=S)Nc1ccc(Br)cc1Cl. The molecule has 0 bridgehead atoms. The molecule has 0 saturated carbocycles. The second-order valence-corrected chi connectivity index (χ2v) is 6.19. The lowest BCUT2D eigenvalue weighted by Gasteiger charge is -2.13. The Morgan fingerprint density at radius 1 is 1.23 bits per heavy atom. The number of rotatable bonds is 3. The van der Waals surface area contributed by atoms with Crippen molar-refractivity contribution in [3.63, 3.8) is 0 Å². The molecule has 2 N–H and O–H groups in total. The first kappa shape index (κ1) is 16.7. The summed E-state index contributed by atoms with van der Waals surface area (Å²) in [5, 5.41) is 17.6. The van der Waals surface area contributed by atoms with E-state index in [4.69, 9.17) is 23.8 Å². The maximum absolute atomic E-state index is 10.7. The van der Waals surface area contributed by atoms with Crippen molar-refractivity contribution < 1.29 is 4.92 Å². The summed E-state index contributed by atoms with van der Waals surface area (Å²) in [4.78, 5) is 10.3. The summed E-state index contributed by atoms with van der Waals surface area (Å²) in [6.45, 7) is 1.77. The number of nitrogens with zero attached hydrogens (tertiary/aromatic N) is 1. The van der Waals surface area contributed by atoms with Gasteiger partial charge in [0, 0.05) is 22.3 Å². The first-order chi connectivity index (χ1) is 10.4. The van der Waals surface area contributed by atoms with Gasteiger partial charge in [-0.15, -0.1) is 0 Å². The van der Waals surface area contributed by atoms with Gasteiger partial charge >= 0.3 is 0 Å². The van der Waals surface area contributed by atoms with Crippen LogP contribution in [0.5, 0.6) is 0 Å². The van der Waals surface area contributed by atoms with E-state index >= 15 is 0 Å². The zero-order valence-electron chi connectivity index (χ0n) is 11.4. The van der Waals surface area contributed by atoms with Crippen LogP contribution in [-0.2, 0) is 0 Å². The fraction of sp³-hybridized carbons (Fsp3) is 0.0714. The Morgan fingerprint density at radius 3 is 2.45 bits per heavy atom. The number of aryl methyl sites for hydroxylation is 1. The van der Waals surface area contributed by atoms with Crippen molar-refractivity contribution >= 4 is 61.9 Å². The molecule has 22 heavy (non-hydrogen) atoms. The van der Waals surface area contributed by atoms with Crippen LogP contribution in [0, 0.1) is 17.0 Å². The number of non-ortho nitro benzene ring substituents is 1. The predicted molar refractivity (Wildman–Crippen MR) is 96.8 cm³/mol. The van der Waals surface area contributed by atoms with Crippen molar-refractivity contribution in [1.29, 1.82) is 0 Å². The van der Waals surface area contributed by atoms with Crippen molar-refractivity contribution in [3.05, 3.63) is 61.6 Å². The van der Waals surface area contributed by atoms with E-state index in [1.54, 1.807) is 25.1 Å². The van der Waals surface area contributed by atoms with Gasteiger partial charge in [0.25, 0.3) is 5.69 Å². The molecule has 0 atom stereocenters. The monoisotopic (exact) mass is 399 g/mol. The molecule has 2 aromatic carbocycles. The molecule has 0 aromatic heterocycles. The predicted octanol–water partition coefficient (Wildman–Crippen LogP) is 5.13. The average Bonchev–Trinajstić information content (AvgIpc) is 2.44. The molecule has 0 saturated heterocycles. The minimum atomic E-state index is -0.436. The standard InChI is InChI=1S/C14H11BrClN3O2S/c1-8-6-10(19(20)21)3-5-12(8)17-14(22)18-13-4-2-9(15)7-11(13)16/h2-7H,1H3,(H2,17,18,22). The molecule has 0 radical (unpaired) electrons. The number of nitro groups is 1. The maximum Gasteiger partial charge on any atom is 0.269 e. The lowest BCUT2D eigenvalue weighted by Crippen LogP contribution is -2.19. The number of benzene rings is 2. The van der Waals surface area contributed by atoms with E-state index in [0.717, 1.165) is 10.0 Å². The molecule has 2 aromatic rings. The number of hydrogen-bond donors (Lipinski definition) is 2. The van der Waals surface area contributed by atoms with E-state index in [1.807, 2.05) is 6.07 Å². The Balaban J connectivity index is 2.10.